The van der Waals surface area contributed by atoms with Gasteiger partial charge in [0.05, 0.1) is 23.3 Å². The maximum Gasteiger partial charge on any atom is 0.165 e. The van der Waals surface area contributed by atoms with Crippen molar-refractivity contribution in [3.63, 3.8) is 0 Å². The highest BCUT2D eigenvalue weighted by Crippen LogP contribution is 2.41. The van der Waals surface area contributed by atoms with Gasteiger partial charge in [-0.15, -0.1) is 0 Å². The number of nitrogens with zero attached hydrogens (tertiary/aromatic N) is 4. The number of aliphatic hydroxyl groups is 3. The smallest absolute Gasteiger partial charge is 0.165 e. The monoisotopic (exact) mass is 445 g/mol. The number of nitriles is 1. The summed E-state index contributed by atoms with van der Waals surface area (Å²) in [4.78, 5) is 8.22. The van der Waals surface area contributed by atoms with E-state index in [0.717, 1.165) is 4.47 Å². The molecule has 9 nitrogen and oxygen atoms in total. The van der Waals surface area contributed by atoms with Gasteiger partial charge < -0.3 is 25.8 Å². The molecule has 1 fully saturated rings. The van der Waals surface area contributed by atoms with Gasteiger partial charge in [-0.05, 0) is 17.7 Å². The molecule has 1 saturated heterocycles. The van der Waals surface area contributed by atoms with Crippen LogP contribution in [0.25, 0.3) is 22.3 Å². The van der Waals surface area contributed by atoms with Crippen LogP contribution in [0.3, 0.4) is 0 Å². The van der Waals surface area contributed by atoms with E-state index >= 15 is 0 Å². The molecule has 0 bridgehead atoms. The highest BCUT2D eigenvalue weighted by Gasteiger charge is 2.45. The number of aliphatic hydroxyl groups excluding tert-OH is 3. The van der Waals surface area contributed by atoms with E-state index in [0.29, 0.717) is 16.6 Å². The molecule has 0 saturated carbocycles. The summed E-state index contributed by atoms with van der Waals surface area (Å²) in [5.41, 5.74) is 7.62. The number of benzene rings is 1. The van der Waals surface area contributed by atoms with Crippen molar-refractivity contribution in [2.24, 2.45) is 0 Å². The van der Waals surface area contributed by atoms with Gasteiger partial charge in [0.1, 0.15) is 42.2 Å². The van der Waals surface area contributed by atoms with E-state index in [2.05, 4.69) is 32.0 Å². The van der Waals surface area contributed by atoms with Crippen LogP contribution in [0.2, 0.25) is 0 Å². The van der Waals surface area contributed by atoms with Crippen molar-refractivity contribution in [2.45, 2.75) is 24.5 Å². The summed E-state index contributed by atoms with van der Waals surface area (Å²) in [7, 11) is 0. The number of ether oxygens (including phenoxy) is 1. The van der Waals surface area contributed by atoms with Crippen molar-refractivity contribution in [3.05, 3.63) is 40.6 Å². The minimum absolute atomic E-state index is 0.116. The van der Waals surface area contributed by atoms with Crippen LogP contribution < -0.4 is 5.73 Å². The Labute approximate surface area is 167 Å². The first-order chi connectivity index (χ1) is 13.5. The Morgan fingerprint density at radius 3 is 2.54 bits per heavy atom. The summed E-state index contributed by atoms with van der Waals surface area (Å²) in [5.74, 6) is 0.116. The number of aromatic nitrogens is 3. The van der Waals surface area contributed by atoms with Gasteiger partial charge in [0, 0.05) is 4.47 Å². The summed E-state index contributed by atoms with van der Waals surface area (Å²) in [6, 6.07) is 9.35. The Bertz CT molecular complexity index is 1080. The molecule has 1 aliphatic heterocycles. The van der Waals surface area contributed by atoms with E-state index in [1.54, 1.807) is 12.1 Å². The highest BCUT2D eigenvalue weighted by atomic mass is 79.9. The van der Waals surface area contributed by atoms with Crippen LogP contribution in [0.5, 0.6) is 0 Å². The lowest BCUT2D eigenvalue weighted by Gasteiger charge is -2.20. The van der Waals surface area contributed by atoms with Crippen molar-refractivity contribution in [1.29, 1.82) is 5.26 Å². The van der Waals surface area contributed by atoms with Crippen molar-refractivity contribution in [3.8, 4) is 17.3 Å². The SMILES string of the molecule is N#Cc1c(-c2ccc(Br)cc2)n([C@H]2O[C@@H](CO)[C@@H](O)[C@@H]2O)c2ncnc(N)c12. The normalized spacial score (nSPS) is 24.5. The van der Waals surface area contributed by atoms with Gasteiger partial charge in [0.2, 0.25) is 0 Å². The molecule has 0 unspecified atom stereocenters. The van der Waals surface area contributed by atoms with Gasteiger partial charge in [0.15, 0.2) is 6.23 Å². The van der Waals surface area contributed by atoms with Crippen molar-refractivity contribution in [2.75, 3.05) is 12.3 Å². The summed E-state index contributed by atoms with van der Waals surface area (Å²) in [5, 5.41) is 40.4. The minimum Gasteiger partial charge on any atom is -0.394 e. The molecule has 0 amide bonds. The quantitative estimate of drug-likeness (QED) is 0.464. The van der Waals surface area contributed by atoms with E-state index in [-0.39, 0.29) is 17.0 Å². The number of hydrogen-bond acceptors (Lipinski definition) is 8. The van der Waals surface area contributed by atoms with Crippen LogP contribution in [0.4, 0.5) is 5.82 Å². The first-order valence-corrected chi connectivity index (χ1v) is 9.20. The fourth-order valence-corrected chi connectivity index (χ4v) is 3.76. The maximum atomic E-state index is 10.6. The van der Waals surface area contributed by atoms with E-state index in [1.807, 2.05) is 12.1 Å². The Hall–Kier alpha value is -2.55. The van der Waals surface area contributed by atoms with E-state index in [1.165, 1.54) is 10.9 Å². The zero-order valence-corrected chi connectivity index (χ0v) is 16.0. The minimum atomic E-state index is -1.34. The Kier molecular flexibility index (Phi) is 4.78. The molecule has 144 valence electrons. The highest BCUT2D eigenvalue weighted by molar-refractivity contribution is 9.10. The first-order valence-electron chi connectivity index (χ1n) is 8.40. The number of nitrogen functional groups attached to an aromatic ring is 1. The van der Waals surface area contributed by atoms with Crippen molar-refractivity contribution >= 4 is 32.8 Å². The Morgan fingerprint density at radius 2 is 1.93 bits per heavy atom. The second-order valence-electron chi connectivity index (χ2n) is 6.40. The van der Waals surface area contributed by atoms with Gasteiger partial charge in [-0.1, -0.05) is 28.1 Å². The summed E-state index contributed by atoms with van der Waals surface area (Å²) < 4.78 is 8.08. The molecule has 0 radical (unpaired) electrons. The standard InChI is InChI=1S/C18H16BrN5O4/c19-9-3-1-8(2-4-9)13-10(5-20)12-16(21)22-7-23-17(12)24(13)18-15(27)14(26)11(6-25)28-18/h1-4,7,11,14-15,18,25-27H,6H2,(H2,21,22,23)/t11-,14+,15-,18-/m0/s1. The third-order valence-electron chi connectivity index (χ3n) is 4.81. The first kappa shape index (κ1) is 18.8. The maximum absolute atomic E-state index is 10.6. The van der Waals surface area contributed by atoms with Gasteiger partial charge in [-0.2, -0.15) is 5.26 Å². The van der Waals surface area contributed by atoms with Gasteiger partial charge >= 0.3 is 0 Å². The number of nitrogens with two attached hydrogens (primary N) is 1. The second kappa shape index (κ2) is 7.12. The lowest BCUT2D eigenvalue weighted by Crippen LogP contribution is -2.33. The molecule has 2 aromatic heterocycles. The second-order valence-corrected chi connectivity index (χ2v) is 7.31. The number of halogens is 1. The molecule has 4 rings (SSSR count). The molecule has 4 atom stereocenters. The summed E-state index contributed by atoms with van der Waals surface area (Å²) >= 11 is 3.38. The molecular formula is C18H16BrN5O4. The third-order valence-corrected chi connectivity index (χ3v) is 5.34. The lowest BCUT2D eigenvalue weighted by molar-refractivity contribution is -0.0501. The predicted octanol–water partition coefficient (Wildman–Crippen LogP) is 0.926. The van der Waals surface area contributed by atoms with Gasteiger partial charge in [-0.25, -0.2) is 9.97 Å². The number of fused-ring (bicyclic) bond motifs is 1. The predicted molar refractivity (Wildman–Crippen MR) is 103 cm³/mol. The zero-order chi connectivity index (χ0) is 20.0. The zero-order valence-electron chi connectivity index (χ0n) is 14.4. The molecule has 3 heterocycles. The van der Waals surface area contributed by atoms with E-state index in [9.17, 15) is 20.6 Å². The molecular weight excluding hydrogens is 430 g/mol. The molecule has 1 aliphatic rings. The van der Waals surface area contributed by atoms with Crippen LogP contribution in [0.1, 0.15) is 11.8 Å². The molecule has 0 aliphatic carbocycles. The average Bonchev–Trinajstić information content (AvgIpc) is 3.18. The van der Waals surface area contributed by atoms with Crippen LogP contribution in [0, 0.1) is 11.3 Å². The van der Waals surface area contributed by atoms with E-state index < -0.39 is 31.1 Å². The van der Waals surface area contributed by atoms with Crippen LogP contribution in [-0.2, 0) is 4.74 Å². The number of hydrogen-bond donors (Lipinski definition) is 4. The third kappa shape index (κ3) is 2.76. The fraction of sp³-hybridized carbons (Fsp3) is 0.278. The van der Waals surface area contributed by atoms with Crippen molar-refractivity contribution < 1.29 is 20.1 Å². The van der Waals surface area contributed by atoms with Crippen LogP contribution in [-0.4, -0.2) is 54.8 Å². The molecule has 5 N–H and O–H groups in total. The fourth-order valence-electron chi connectivity index (χ4n) is 3.50. The molecule has 0 spiro atoms. The lowest BCUT2D eigenvalue weighted by atomic mass is 10.1. The summed E-state index contributed by atoms with van der Waals surface area (Å²) in [6.45, 7) is -0.468. The summed E-state index contributed by atoms with van der Waals surface area (Å²) in [6.07, 6.45) is -3.44. The van der Waals surface area contributed by atoms with Crippen LogP contribution in [0.15, 0.2) is 35.1 Å². The molecule has 3 aromatic rings. The molecule has 1 aromatic carbocycles. The van der Waals surface area contributed by atoms with E-state index in [4.69, 9.17) is 10.5 Å². The topological polar surface area (TPSA) is 150 Å². The largest absolute Gasteiger partial charge is 0.394 e. The average molecular weight is 446 g/mol. The Balaban J connectivity index is 2.05. The van der Waals surface area contributed by atoms with Crippen molar-refractivity contribution in [1.82, 2.24) is 14.5 Å². The van der Waals surface area contributed by atoms with Gasteiger partial charge in [0.25, 0.3) is 0 Å². The molecule has 10 heteroatoms. The Morgan fingerprint density at radius 1 is 1.21 bits per heavy atom. The number of anilines is 1. The molecule has 28 heavy (non-hydrogen) atoms. The van der Waals surface area contributed by atoms with Crippen LogP contribution >= 0.6 is 15.9 Å². The number of rotatable bonds is 3. The van der Waals surface area contributed by atoms with Gasteiger partial charge in [-0.3, -0.25) is 4.57 Å².